The van der Waals surface area contributed by atoms with Crippen molar-refractivity contribution in [3.63, 3.8) is 0 Å². The van der Waals surface area contributed by atoms with Gasteiger partial charge in [0.15, 0.2) is 0 Å². The number of carbonyl (C=O) groups is 1. The normalized spacial score (nSPS) is 30.5. The molecule has 0 unspecified atom stereocenters. The number of carbonyl (C=O) groups excluding carboxylic acids is 1. The third kappa shape index (κ3) is 3.78. The van der Waals surface area contributed by atoms with Gasteiger partial charge in [0.05, 0.1) is 5.56 Å². The number of rotatable bonds is 3. The molecule has 1 fully saturated rings. The van der Waals surface area contributed by atoms with Gasteiger partial charge in [-0.05, 0) is 67.7 Å². The molecule has 4 rings (SSSR count). The standard InChI is InChI=1S/C23H29F3N2O/c1-14-7-5-12-20(15(14)2)28-21(18-10-3-4-11-19(18)22(28)29)27-17-9-6-8-16(13-17)23(24,25)26/h6,8-9,13-15,20-21,27H,3-5,7,10-12H2,1-2H3/t14-,15+,20+,21+/m1/s1. The summed E-state index contributed by atoms with van der Waals surface area (Å²) in [4.78, 5) is 15.3. The minimum absolute atomic E-state index is 0.0927. The van der Waals surface area contributed by atoms with Gasteiger partial charge in [-0.15, -0.1) is 0 Å². The van der Waals surface area contributed by atoms with Crippen molar-refractivity contribution in [2.24, 2.45) is 11.8 Å². The topological polar surface area (TPSA) is 32.3 Å². The summed E-state index contributed by atoms with van der Waals surface area (Å²) in [6.45, 7) is 4.44. The first kappa shape index (κ1) is 20.3. The van der Waals surface area contributed by atoms with Crippen molar-refractivity contribution in [2.75, 3.05) is 5.32 Å². The van der Waals surface area contributed by atoms with Crippen LogP contribution in [0.25, 0.3) is 0 Å². The number of halogens is 3. The molecule has 1 amide bonds. The SMILES string of the molecule is C[C@H]1[C@H](C)CCC[C@@H]1N1C(=O)C2=C(CCCC2)[C@H]1Nc1cccc(C(F)(F)F)c1. The summed E-state index contributed by atoms with van der Waals surface area (Å²) < 4.78 is 39.5. The minimum atomic E-state index is -4.38. The van der Waals surface area contributed by atoms with Gasteiger partial charge in [0.1, 0.15) is 6.17 Å². The first-order chi connectivity index (χ1) is 13.8. The van der Waals surface area contributed by atoms with Crippen LogP contribution in [0, 0.1) is 11.8 Å². The third-order valence-corrected chi connectivity index (χ3v) is 7.13. The minimum Gasteiger partial charge on any atom is -0.362 e. The summed E-state index contributed by atoms with van der Waals surface area (Å²) in [7, 11) is 0. The molecule has 1 saturated carbocycles. The Labute approximate surface area is 170 Å². The zero-order valence-electron chi connectivity index (χ0n) is 17.1. The third-order valence-electron chi connectivity index (χ3n) is 7.13. The number of benzene rings is 1. The first-order valence-electron chi connectivity index (χ1n) is 10.8. The van der Waals surface area contributed by atoms with Crippen LogP contribution >= 0.6 is 0 Å². The lowest BCUT2D eigenvalue weighted by atomic mass is 9.77. The molecule has 0 spiro atoms. The van der Waals surface area contributed by atoms with E-state index in [0.717, 1.165) is 61.8 Å². The van der Waals surface area contributed by atoms with Crippen LogP contribution in [0.4, 0.5) is 18.9 Å². The van der Waals surface area contributed by atoms with Gasteiger partial charge in [-0.2, -0.15) is 13.2 Å². The van der Waals surface area contributed by atoms with Crippen LogP contribution in [0.3, 0.4) is 0 Å². The lowest BCUT2D eigenvalue weighted by Gasteiger charge is -2.43. The molecule has 6 heteroatoms. The van der Waals surface area contributed by atoms with E-state index >= 15 is 0 Å². The second-order valence-corrected chi connectivity index (χ2v) is 8.88. The predicted molar refractivity (Wildman–Crippen MR) is 107 cm³/mol. The second kappa shape index (κ2) is 7.69. The maximum absolute atomic E-state index is 13.4. The largest absolute Gasteiger partial charge is 0.416 e. The van der Waals surface area contributed by atoms with Gasteiger partial charge < -0.3 is 10.2 Å². The number of amides is 1. The van der Waals surface area contributed by atoms with E-state index in [1.165, 1.54) is 12.5 Å². The van der Waals surface area contributed by atoms with Crippen LogP contribution in [0.5, 0.6) is 0 Å². The number of hydrogen-bond acceptors (Lipinski definition) is 2. The number of alkyl halides is 3. The van der Waals surface area contributed by atoms with Crippen molar-refractivity contribution in [3.05, 3.63) is 41.0 Å². The lowest BCUT2D eigenvalue weighted by molar-refractivity contribution is -0.137. The summed E-state index contributed by atoms with van der Waals surface area (Å²) in [5.74, 6) is 1.00. The zero-order valence-corrected chi connectivity index (χ0v) is 17.1. The molecule has 3 aliphatic rings. The van der Waals surface area contributed by atoms with E-state index in [1.807, 2.05) is 4.90 Å². The first-order valence-corrected chi connectivity index (χ1v) is 10.8. The van der Waals surface area contributed by atoms with Crippen molar-refractivity contribution in [1.29, 1.82) is 0 Å². The Morgan fingerprint density at radius 1 is 1.07 bits per heavy atom. The Morgan fingerprint density at radius 3 is 2.59 bits per heavy atom. The van der Waals surface area contributed by atoms with E-state index in [0.29, 0.717) is 17.5 Å². The molecule has 1 aromatic carbocycles. The van der Waals surface area contributed by atoms with E-state index in [1.54, 1.807) is 6.07 Å². The molecule has 0 radical (unpaired) electrons. The predicted octanol–water partition coefficient (Wildman–Crippen LogP) is 5.98. The summed E-state index contributed by atoms with van der Waals surface area (Å²) in [5.41, 5.74) is 1.73. The van der Waals surface area contributed by atoms with Gasteiger partial charge in [-0.25, -0.2) is 0 Å². The van der Waals surface area contributed by atoms with Gasteiger partial charge in [0.25, 0.3) is 5.91 Å². The average molecular weight is 406 g/mol. The molecule has 29 heavy (non-hydrogen) atoms. The van der Waals surface area contributed by atoms with Crippen molar-refractivity contribution in [1.82, 2.24) is 4.90 Å². The quantitative estimate of drug-likeness (QED) is 0.670. The molecule has 3 nitrogen and oxygen atoms in total. The Balaban J connectivity index is 1.67. The summed E-state index contributed by atoms with van der Waals surface area (Å²) >= 11 is 0. The van der Waals surface area contributed by atoms with Crippen LogP contribution in [-0.2, 0) is 11.0 Å². The van der Waals surface area contributed by atoms with Gasteiger partial charge in [0, 0.05) is 17.3 Å². The molecule has 1 aliphatic heterocycles. The fraction of sp³-hybridized carbons (Fsp3) is 0.609. The van der Waals surface area contributed by atoms with Crippen molar-refractivity contribution in [3.8, 4) is 0 Å². The van der Waals surface area contributed by atoms with E-state index in [9.17, 15) is 18.0 Å². The Morgan fingerprint density at radius 2 is 1.83 bits per heavy atom. The molecule has 1 heterocycles. The number of nitrogens with one attached hydrogen (secondary N) is 1. The highest BCUT2D eigenvalue weighted by atomic mass is 19.4. The summed E-state index contributed by atoms with van der Waals surface area (Å²) in [5, 5.41) is 3.31. The molecular weight excluding hydrogens is 377 g/mol. The molecule has 1 aromatic rings. The number of anilines is 1. The van der Waals surface area contributed by atoms with Crippen LogP contribution in [-0.4, -0.2) is 23.0 Å². The fourth-order valence-corrected chi connectivity index (χ4v) is 5.30. The molecule has 0 aromatic heterocycles. The highest BCUT2D eigenvalue weighted by molar-refractivity contribution is 5.98. The van der Waals surface area contributed by atoms with Crippen LogP contribution in [0.15, 0.2) is 35.4 Å². The maximum Gasteiger partial charge on any atom is 0.416 e. The Kier molecular flexibility index (Phi) is 5.38. The van der Waals surface area contributed by atoms with E-state index in [2.05, 4.69) is 19.2 Å². The monoisotopic (exact) mass is 406 g/mol. The van der Waals surface area contributed by atoms with Gasteiger partial charge in [-0.1, -0.05) is 32.8 Å². The molecule has 4 atom stereocenters. The average Bonchev–Trinajstić information content (AvgIpc) is 2.96. The number of hydrogen-bond donors (Lipinski definition) is 1. The number of nitrogens with zero attached hydrogens (tertiary/aromatic N) is 1. The van der Waals surface area contributed by atoms with Gasteiger partial charge >= 0.3 is 6.18 Å². The molecule has 158 valence electrons. The Hall–Kier alpha value is -1.98. The van der Waals surface area contributed by atoms with Crippen LogP contribution in [0.2, 0.25) is 0 Å². The molecular formula is C23H29F3N2O. The Bertz CT molecular complexity index is 817. The molecule has 0 saturated heterocycles. The van der Waals surface area contributed by atoms with Gasteiger partial charge in [0.2, 0.25) is 0 Å². The highest BCUT2D eigenvalue weighted by Crippen LogP contribution is 2.43. The van der Waals surface area contributed by atoms with E-state index < -0.39 is 11.7 Å². The molecule has 2 aliphatic carbocycles. The second-order valence-electron chi connectivity index (χ2n) is 8.88. The highest BCUT2D eigenvalue weighted by Gasteiger charge is 2.46. The van der Waals surface area contributed by atoms with Crippen molar-refractivity contribution >= 4 is 11.6 Å². The fourth-order valence-electron chi connectivity index (χ4n) is 5.30. The summed E-state index contributed by atoms with van der Waals surface area (Å²) in [6.07, 6.45) is 2.14. The zero-order chi connectivity index (χ0) is 20.8. The molecule has 1 N–H and O–H groups in total. The molecule has 0 bridgehead atoms. The summed E-state index contributed by atoms with van der Waals surface area (Å²) in [6, 6.07) is 5.44. The van der Waals surface area contributed by atoms with Gasteiger partial charge in [-0.3, -0.25) is 4.79 Å². The van der Waals surface area contributed by atoms with Crippen molar-refractivity contribution < 1.29 is 18.0 Å². The maximum atomic E-state index is 13.4. The van der Waals surface area contributed by atoms with Crippen LogP contribution in [0.1, 0.15) is 64.4 Å². The van der Waals surface area contributed by atoms with E-state index in [4.69, 9.17) is 0 Å². The van der Waals surface area contributed by atoms with Crippen molar-refractivity contribution in [2.45, 2.75) is 77.2 Å². The smallest absolute Gasteiger partial charge is 0.362 e. The lowest BCUT2D eigenvalue weighted by Crippen LogP contribution is -2.52. The van der Waals surface area contributed by atoms with E-state index in [-0.39, 0.29) is 18.1 Å². The van der Waals surface area contributed by atoms with Crippen LogP contribution < -0.4 is 5.32 Å².